The van der Waals surface area contributed by atoms with Crippen molar-refractivity contribution in [1.29, 1.82) is 0 Å². The first-order valence-corrected chi connectivity index (χ1v) is 8.13. The van der Waals surface area contributed by atoms with Crippen molar-refractivity contribution in [2.24, 2.45) is 5.92 Å². The predicted octanol–water partition coefficient (Wildman–Crippen LogP) is 4.94. The Morgan fingerprint density at radius 2 is 1.93 bits per heavy atom. The van der Waals surface area contributed by atoms with Crippen LogP contribution in [0.1, 0.15) is 46.0 Å². The lowest BCUT2D eigenvalue weighted by Crippen LogP contribution is -2.15. The Labute approximate surface area is 96.2 Å². The van der Waals surface area contributed by atoms with Crippen LogP contribution >= 0.6 is 21.6 Å². The highest BCUT2D eigenvalue weighted by Gasteiger charge is 2.16. The van der Waals surface area contributed by atoms with Crippen LogP contribution in [0.2, 0.25) is 0 Å². The Morgan fingerprint density at radius 1 is 1.21 bits per heavy atom. The molecule has 0 aromatic carbocycles. The van der Waals surface area contributed by atoms with Gasteiger partial charge >= 0.3 is 0 Å². The lowest BCUT2D eigenvalue weighted by Gasteiger charge is -2.19. The Balaban J connectivity index is 3.52. The summed E-state index contributed by atoms with van der Waals surface area (Å²) in [6.07, 6.45) is 8.38. The Morgan fingerprint density at radius 3 is 2.43 bits per heavy atom. The molecule has 0 fully saturated rings. The maximum Gasteiger partial charge on any atom is 0.102 e. The van der Waals surface area contributed by atoms with Crippen LogP contribution in [0.3, 0.4) is 0 Å². The number of unbranched alkanes of at least 4 members (excludes halogenated alkanes) is 3. The number of hydrogen-bond acceptors (Lipinski definition) is 2. The standard InChI is InChI=1S/C11H23FS2/c1-4-5-6-7-8-10(2)11(9-12)14-13-3/h10-11H,4-9H2,1-3H3/t10?,11-/m0/s1. The van der Waals surface area contributed by atoms with E-state index >= 15 is 0 Å². The molecular formula is C11H23FS2. The van der Waals surface area contributed by atoms with E-state index in [1.165, 1.54) is 32.1 Å². The smallest absolute Gasteiger partial charge is 0.102 e. The number of rotatable bonds is 9. The first-order chi connectivity index (χ1) is 6.76. The van der Waals surface area contributed by atoms with Crippen LogP contribution in [-0.2, 0) is 0 Å². The quantitative estimate of drug-likeness (QED) is 0.412. The van der Waals surface area contributed by atoms with E-state index in [0.29, 0.717) is 5.92 Å². The maximum absolute atomic E-state index is 12.6. The molecule has 0 aliphatic carbocycles. The van der Waals surface area contributed by atoms with E-state index in [1.54, 1.807) is 21.6 Å². The Kier molecular flexibility index (Phi) is 10.6. The minimum Gasteiger partial charge on any atom is -0.250 e. The first kappa shape index (κ1) is 14.6. The molecule has 0 saturated heterocycles. The zero-order chi connectivity index (χ0) is 10.8. The van der Waals surface area contributed by atoms with E-state index in [-0.39, 0.29) is 11.9 Å². The van der Waals surface area contributed by atoms with Gasteiger partial charge in [-0.1, -0.05) is 61.1 Å². The second-order valence-corrected chi connectivity index (χ2v) is 6.49. The molecule has 0 aliphatic heterocycles. The van der Waals surface area contributed by atoms with Gasteiger partial charge < -0.3 is 0 Å². The van der Waals surface area contributed by atoms with Gasteiger partial charge in [0.2, 0.25) is 0 Å². The Bertz CT molecular complexity index is 120. The van der Waals surface area contributed by atoms with Gasteiger partial charge in [-0.05, 0) is 18.6 Å². The summed E-state index contributed by atoms with van der Waals surface area (Å²) in [5.41, 5.74) is 0. The van der Waals surface area contributed by atoms with Gasteiger partial charge in [-0.2, -0.15) is 0 Å². The van der Waals surface area contributed by atoms with Crippen LogP contribution in [0.4, 0.5) is 4.39 Å². The van der Waals surface area contributed by atoms with Gasteiger partial charge in [-0.3, -0.25) is 0 Å². The summed E-state index contributed by atoms with van der Waals surface area (Å²) >= 11 is 0. The summed E-state index contributed by atoms with van der Waals surface area (Å²) in [5, 5.41) is 0.201. The molecule has 0 aliphatic rings. The minimum absolute atomic E-state index is 0.180. The highest BCUT2D eigenvalue weighted by Crippen LogP contribution is 2.31. The van der Waals surface area contributed by atoms with Crippen LogP contribution in [0.5, 0.6) is 0 Å². The van der Waals surface area contributed by atoms with Crippen molar-refractivity contribution in [1.82, 2.24) is 0 Å². The summed E-state index contributed by atoms with van der Waals surface area (Å²) in [5.74, 6) is 0.523. The van der Waals surface area contributed by atoms with E-state index in [9.17, 15) is 4.39 Å². The van der Waals surface area contributed by atoms with Gasteiger partial charge in [0, 0.05) is 5.25 Å². The van der Waals surface area contributed by atoms with Crippen molar-refractivity contribution in [3.05, 3.63) is 0 Å². The fraction of sp³-hybridized carbons (Fsp3) is 1.00. The van der Waals surface area contributed by atoms with E-state index in [1.807, 2.05) is 6.26 Å². The normalized spacial score (nSPS) is 15.4. The largest absolute Gasteiger partial charge is 0.250 e. The van der Waals surface area contributed by atoms with Gasteiger partial charge in [0.05, 0.1) is 0 Å². The molecule has 0 saturated carbocycles. The van der Waals surface area contributed by atoms with Gasteiger partial charge in [0.15, 0.2) is 0 Å². The topological polar surface area (TPSA) is 0 Å². The van der Waals surface area contributed by atoms with Gasteiger partial charge in [0.1, 0.15) is 6.67 Å². The molecule has 0 nitrogen and oxygen atoms in total. The van der Waals surface area contributed by atoms with Crippen molar-refractivity contribution >= 4 is 21.6 Å². The molecule has 0 aromatic heterocycles. The average Bonchev–Trinajstić information content (AvgIpc) is 2.20. The highest BCUT2D eigenvalue weighted by atomic mass is 33.1. The van der Waals surface area contributed by atoms with Gasteiger partial charge in [-0.25, -0.2) is 4.39 Å². The molecule has 0 amide bonds. The number of halogens is 1. The minimum atomic E-state index is -0.180. The average molecular weight is 238 g/mol. The fourth-order valence-corrected chi connectivity index (χ4v) is 3.56. The molecule has 14 heavy (non-hydrogen) atoms. The van der Waals surface area contributed by atoms with E-state index in [0.717, 1.165) is 0 Å². The third kappa shape index (κ3) is 6.99. The molecule has 0 rings (SSSR count). The van der Waals surface area contributed by atoms with E-state index in [4.69, 9.17) is 0 Å². The number of alkyl halides is 1. The maximum atomic E-state index is 12.6. The highest BCUT2D eigenvalue weighted by molar-refractivity contribution is 8.76. The zero-order valence-corrected chi connectivity index (χ0v) is 11.2. The van der Waals surface area contributed by atoms with Crippen LogP contribution < -0.4 is 0 Å². The molecule has 2 atom stereocenters. The predicted molar refractivity (Wildman–Crippen MR) is 68.8 cm³/mol. The molecule has 0 bridgehead atoms. The lowest BCUT2D eigenvalue weighted by molar-refractivity contribution is 0.392. The van der Waals surface area contributed by atoms with Gasteiger partial charge in [-0.15, -0.1) is 0 Å². The molecule has 1 unspecified atom stereocenters. The van der Waals surface area contributed by atoms with E-state index < -0.39 is 0 Å². The molecule has 0 radical (unpaired) electrons. The lowest BCUT2D eigenvalue weighted by atomic mass is 10.00. The molecule has 0 heterocycles. The van der Waals surface area contributed by atoms with E-state index in [2.05, 4.69) is 13.8 Å². The molecule has 0 spiro atoms. The van der Waals surface area contributed by atoms with Crippen molar-refractivity contribution < 1.29 is 4.39 Å². The van der Waals surface area contributed by atoms with Crippen LogP contribution in [-0.4, -0.2) is 18.2 Å². The molecular weight excluding hydrogens is 215 g/mol. The second-order valence-electron chi connectivity index (χ2n) is 3.78. The Hall–Kier alpha value is 0.630. The summed E-state index contributed by atoms with van der Waals surface area (Å²) in [6.45, 7) is 4.22. The second kappa shape index (κ2) is 10.2. The summed E-state index contributed by atoms with van der Waals surface area (Å²) < 4.78 is 12.6. The zero-order valence-electron chi connectivity index (χ0n) is 9.59. The third-order valence-electron chi connectivity index (χ3n) is 2.52. The van der Waals surface area contributed by atoms with Crippen LogP contribution in [0.15, 0.2) is 0 Å². The van der Waals surface area contributed by atoms with Crippen molar-refractivity contribution in [3.8, 4) is 0 Å². The van der Waals surface area contributed by atoms with Crippen molar-refractivity contribution in [3.63, 3.8) is 0 Å². The first-order valence-electron chi connectivity index (χ1n) is 5.51. The molecule has 0 aromatic rings. The summed E-state index contributed by atoms with van der Waals surface area (Å²) in [7, 11) is 3.37. The van der Waals surface area contributed by atoms with Crippen molar-refractivity contribution in [2.75, 3.05) is 12.9 Å². The summed E-state index contributed by atoms with van der Waals surface area (Å²) in [6, 6.07) is 0. The summed E-state index contributed by atoms with van der Waals surface area (Å²) in [4.78, 5) is 0. The molecule has 86 valence electrons. The molecule has 0 N–H and O–H groups in total. The van der Waals surface area contributed by atoms with Crippen LogP contribution in [0, 0.1) is 5.92 Å². The fourth-order valence-electron chi connectivity index (χ4n) is 1.48. The third-order valence-corrected chi connectivity index (χ3v) is 4.87. The SMILES string of the molecule is CCCCCCC(C)[C@H](CF)SSC. The number of hydrogen-bond donors (Lipinski definition) is 0. The van der Waals surface area contributed by atoms with Crippen LogP contribution in [0.25, 0.3) is 0 Å². The van der Waals surface area contributed by atoms with Crippen molar-refractivity contribution in [2.45, 2.75) is 51.2 Å². The molecule has 3 heteroatoms. The van der Waals surface area contributed by atoms with Gasteiger partial charge in [0.25, 0.3) is 0 Å². The monoisotopic (exact) mass is 238 g/mol.